The standard InChI is InChI=1S/C16H14Cl2O4/c1-21-13-4-2-3-5-14(13)22-15(16(19)20)9-10-6-7-11(17)12(18)8-10/h2-8,15H,9H2,1H3,(H,19,20)/t15-/m1/s1. The molecule has 1 N–H and O–H groups in total. The molecule has 0 saturated heterocycles. The van der Waals surface area contributed by atoms with E-state index in [0.717, 1.165) is 5.56 Å². The monoisotopic (exact) mass is 340 g/mol. The second-order valence-electron chi connectivity index (χ2n) is 4.55. The predicted octanol–water partition coefficient (Wildman–Crippen LogP) is 4.08. The number of carboxylic acids is 1. The Labute approximate surface area is 138 Å². The maximum absolute atomic E-state index is 11.4. The van der Waals surface area contributed by atoms with Gasteiger partial charge < -0.3 is 14.6 Å². The van der Waals surface area contributed by atoms with Crippen molar-refractivity contribution in [3.63, 3.8) is 0 Å². The summed E-state index contributed by atoms with van der Waals surface area (Å²) in [6.07, 6.45) is -0.905. The molecule has 0 unspecified atom stereocenters. The van der Waals surface area contributed by atoms with Crippen LogP contribution >= 0.6 is 23.2 Å². The van der Waals surface area contributed by atoms with E-state index >= 15 is 0 Å². The van der Waals surface area contributed by atoms with E-state index in [0.29, 0.717) is 21.5 Å². The summed E-state index contributed by atoms with van der Waals surface area (Å²) >= 11 is 11.8. The lowest BCUT2D eigenvalue weighted by Crippen LogP contribution is -2.29. The Morgan fingerprint density at radius 2 is 1.82 bits per heavy atom. The molecule has 0 aromatic heterocycles. The third kappa shape index (κ3) is 4.06. The second kappa shape index (κ2) is 7.38. The van der Waals surface area contributed by atoms with Gasteiger partial charge in [-0.25, -0.2) is 4.79 Å². The van der Waals surface area contributed by atoms with Crippen LogP contribution in [0.2, 0.25) is 10.0 Å². The average Bonchev–Trinajstić information content (AvgIpc) is 2.50. The van der Waals surface area contributed by atoms with Crippen molar-refractivity contribution < 1.29 is 19.4 Å². The van der Waals surface area contributed by atoms with Crippen LogP contribution < -0.4 is 9.47 Å². The number of halogens is 2. The van der Waals surface area contributed by atoms with Gasteiger partial charge in [0.25, 0.3) is 0 Å². The van der Waals surface area contributed by atoms with Crippen molar-refractivity contribution in [2.45, 2.75) is 12.5 Å². The molecule has 0 heterocycles. The number of aliphatic carboxylic acids is 1. The highest BCUT2D eigenvalue weighted by Crippen LogP contribution is 2.28. The first kappa shape index (κ1) is 16.5. The Balaban J connectivity index is 2.20. The summed E-state index contributed by atoms with van der Waals surface area (Å²) in [5, 5.41) is 10.2. The normalized spacial score (nSPS) is 11.8. The SMILES string of the molecule is COc1ccccc1O[C@H](Cc1ccc(Cl)c(Cl)c1)C(=O)O. The molecule has 0 aliphatic heterocycles. The second-order valence-corrected chi connectivity index (χ2v) is 5.36. The van der Waals surface area contributed by atoms with Crippen molar-refractivity contribution >= 4 is 29.2 Å². The molecule has 0 fully saturated rings. The highest BCUT2D eigenvalue weighted by molar-refractivity contribution is 6.42. The first-order valence-electron chi connectivity index (χ1n) is 6.47. The van der Waals surface area contributed by atoms with Gasteiger partial charge in [0, 0.05) is 6.42 Å². The molecule has 0 amide bonds. The molecular formula is C16H14Cl2O4. The van der Waals surface area contributed by atoms with Crippen LogP contribution in [-0.4, -0.2) is 24.3 Å². The zero-order valence-electron chi connectivity index (χ0n) is 11.8. The first-order valence-corrected chi connectivity index (χ1v) is 7.23. The molecule has 0 saturated carbocycles. The first-order chi connectivity index (χ1) is 10.5. The van der Waals surface area contributed by atoms with Crippen LogP contribution in [0.4, 0.5) is 0 Å². The number of hydrogen-bond donors (Lipinski definition) is 1. The Kier molecular flexibility index (Phi) is 5.52. The van der Waals surface area contributed by atoms with E-state index in [1.165, 1.54) is 7.11 Å². The molecule has 2 aromatic rings. The van der Waals surface area contributed by atoms with Crippen LogP contribution in [0.3, 0.4) is 0 Å². The molecule has 22 heavy (non-hydrogen) atoms. The highest BCUT2D eigenvalue weighted by atomic mass is 35.5. The van der Waals surface area contributed by atoms with E-state index in [2.05, 4.69) is 0 Å². The van der Waals surface area contributed by atoms with Gasteiger partial charge in [0.15, 0.2) is 17.6 Å². The van der Waals surface area contributed by atoms with Crippen LogP contribution in [0, 0.1) is 0 Å². The summed E-state index contributed by atoms with van der Waals surface area (Å²) in [7, 11) is 1.50. The number of benzene rings is 2. The van der Waals surface area contributed by atoms with Crippen LogP contribution in [0.1, 0.15) is 5.56 Å². The summed E-state index contributed by atoms with van der Waals surface area (Å²) in [5.41, 5.74) is 0.719. The molecule has 0 aliphatic rings. The van der Waals surface area contributed by atoms with Gasteiger partial charge in [0.2, 0.25) is 0 Å². The fourth-order valence-electron chi connectivity index (χ4n) is 1.93. The Morgan fingerprint density at radius 1 is 1.14 bits per heavy atom. The van der Waals surface area contributed by atoms with Gasteiger partial charge in [-0.05, 0) is 29.8 Å². The van der Waals surface area contributed by atoms with Gasteiger partial charge in [0.1, 0.15) is 0 Å². The third-order valence-electron chi connectivity index (χ3n) is 3.02. The smallest absolute Gasteiger partial charge is 0.345 e. The van der Waals surface area contributed by atoms with Gasteiger partial charge in [-0.3, -0.25) is 0 Å². The van der Waals surface area contributed by atoms with E-state index in [9.17, 15) is 9.90 Å². The Bertz CT molecular complexity index is 673. The molecule has 2 rings (SSSR count). The molecule has 1 atom stereocenters. The number of rotatable bonds is 6. The quantitative estimate of drug-likeness (QED) is 0.860. The fourth-order valence-corrected chi connectivity index (χ4v) is 2.25. The molecule has 4 nitrogen and oxygen atoms in total. The van der Waals surface area contributed by atoms with Gasteiger partial charge in [-0.15, -0.1) is 0 Å². The van der Waals surface area contributed by atoms with Crippen molar-refractivity contribution in [2.24, 2.45) is 0 Å². The minimum absolute atomic E-state index is 0.157. The van der Waals surface area contributed by atoms with Crippen LogP contribution in [-0.2, 0) is 11.2 Å². The largest absolute Gasteiger partial charge is 0.493 e. The van der Waals surface area contributed by atoms with Gasteiger partial charge in [-0.2, -0.15) is 0 Å². The highest BCUT2D eigenvalue weighted by Gasteiger charge is 2.22. The van der Waals surface area contributed by atoms with E-state index in [-0.39, 0.29) is 6.42 Å². The van der Waals surface area contributed by atoms with E-state index in [4.69, 9.17) is 32.7 Å². The molecule has 0 aliphatic carbocycles. The van der Waals surface area contributed by atoms with Crippen LogP contribution in [0.15, 0.2) is 42.5 Å². The molecule has 2 aromatic carbocycles. The summed E-state index contributed by atoms with van der Waals surface area (Å²) in [5.74, 6) is -0.225. The topological polar surface area (TPSA) is 55.8 Å². The van der Waals surface area contributed by atoms with Gasteiger partial charge >= 0.3 is 5.97 Å². The van der Waals surface area contributed by atoms with Crippen LogP contribution in [0.25, 0.3) is 0 Å². The molecule has 116 valence electrons. The lowest BCUT2D eigenvalue weighted by molar-refractivity contribution is -0.145. The number of carboxylic acid groups (broad SMARTS) is 1. The Hall–Kier alpha value is -1.91. The lowest BCUT2D eigenvalue weighted by atomic mass is 10.1. The fraction of sp³-hybridized carbons (Fsp3) is 0.188. The summed E-state index contributed by atoms with van der Waals surface area (Å²) in [6, 6.07) is 11.9. The van der Waals surface area contributed by atoms with Crippen molar-refractivity contribution in [3.8, 4) is 11.5 Å². The maximum Gasteiger partial charge on any atom is 0.345 e. The predicted molar refractivity (Wildman–Crippen MR) is 85.2 cm³/mol. The summed E-state index contributed by atoms with van der Waals surface area (Å²) in [6.45, 7) is 0. The minimum Gasteiger partial charge on any atom is -0.493 e. The molecule has 0 spiro atoms. The van der Waals surface area contributed by atoms with Crippen molar-refractivity contribution in [1.82, 2.24) is 0 Å². The van der Waals surface area contributed by atoms with E-state index in [1.807, 2.05) is 0 Å². The van der Waals surface area contributed by atoms with Gasteiger partial charge in [-0.1, -0.05) is 41.4 Å². The molecule has 6 heteroatoms. The van der Waals surface area contributed by atoms with Crippen LogP contribution in [0.5, 0.6) is 11.5 Å². The van der Waals surface area contributed by atoms with Crippen molar-refractivity contribution in [3.05, 3.63) is 58.1 Å². The van der Waals surface area contributed by atoms with Gasteiger partial charge in [0.05, 0.1) is 17.2 Å². The third-order valence-corrected chi connectivity index (χ3v) is 3.76. The zero-order valence-corrected chi connectivity index (χ0v) is 13.3. The number of carbonyl (C=O) groups is 1. The maximum atomic E-state index is 11.4. The summed E-state index contributed by atoms with van der Waals surface area (Å²) in [4.78, 5) is 11.4. The minimum atomic E-state index is -1.07. The molecule has 0 radical (unpaired) electrons. The Morgan fingerprint density at radius 3 is 2.41 bits per heavy atom. The van der Waals surface area contributed by atoms with Crippen molar-refractivity contribution in [2.75, 3.05) is 7.11 Å². The number of para-hydroxylation sites is 2. The molecule has 0 bridgehead atoms. The zero-order chi connectivity index (χ0) is 16.1. The number of hydrogen-bond acceptors (Lipinski definition) is 3. The average molecular weight is 341 g/mol. The van der Waals surface area contributed by atoms with E-state index in [1.54, 1.807) is 42.5 Å². The molecular weight excluding hydrogens is 327 g/mol. The van der Waals surface area contributed by atoms with E-state index < -0.39 is 12.1 Å². The summed E-state index contributed by atoms with van der Waals surface area (Å²) < 4.78 is 10.7. The number of ether oxygens (including phenoxy) is 2. The number of methoxy groups -OCH3 is 1. The van der Waals surface area contributed by atoms with Crippen molar-refractivity contribution in [1.29, 1.82) is 0 Å². The lowest BCUT2D eigenvalue weighted by Gasteiger charge is -2.17.